The summed E-state index contributed by atoms with van der Waals surface area (Å²) >= 11 is 0. The van der Waals surface area contributed by atoms with Crippen LogP contribution in [0.2, 0.25) is 0 Å². The summed E-state index contributed by atoms with van der Waals surface area (Å²) < 4.78 is 10.6. The first-order valence-electron chi connectivity index (χ1n) is 8.25. The van der Waals surface area contributed by atoms with E-state index in [2.05, 4.69) is 4.90 Å². The number of amides is 1. The molecule has 2 aromatic rings. The molecule has 0 radical (unpaired) electrons. The molecular weight excluding hydrogens is 320 g/mol. The molecule has 0 aliphatic carbocycles. The summed E-state index contributed by atoms with van der Waals surface area (Å²) in [6, 6.07) is 14.6. The third kappa shape index (κ3) is 4.15. The average molecular weight is 342 g/mol. The molecular formula is C19H22N2O4. The second kappa shape index (κ2) is 7.79. The van der Waals surface area contributed by atoms with Gasteiger partial charge < -0.3 is 24.4 Å². The molecule has 1 amide bonds. The number of phenolic OH excluding ortho intramolecular Hbond substituents is 1. The van der Waals surface area contributed by atoms with Crippen LogP contribution >= 0.6 is 0 Å². The number of para-hydroxylation sites is 2. The maximum Gasteiger partial charge on any atom is 0.260 e. The van der Waals surface area contributed by atoms with Crippen molar-refractivity contribution in [3.05, 3.63) is 48.5 Å². The third-order valence-corrected chi connectivity index (χ3v) is 4.29. The van der Waals surface area contributed by atoms with Crippen molar-refractivity contribution in [3.8, 4) is 17.2 Å². The van der Waals surface area contributed by atoms with E-state index in [1.165, 1.54) is 6.07 Å². The predicted molar refractivity (Wildman–Crippen MR) is 95.4 cm³/mol. The standard InChI is InChI=1S/C19H22N2O4/c1-24-16-8-6-15(7-9-16)20-10-12-21(13-11-20)19(23)14-25-18-5-3-2-4-17(18)22/h2-9,22H,10-14H2,1H3. The number of aromatic hydroxyl groups is 1. The molecule has 25 heavy (non-hydrogen) atoms. The van der Waals surface area contributed by atoms with Crippen molar-refractivity contribution in [1.29, 1.82) is 0 Å². The molecule has 1 heterocycles. The summed E-state index contributed by atoms with van der Waals surface area (Å²) in [5.74, 6) is 1.13. The normalized spacial score (nSPS) is 14.3. The summed E-state index contributed by atoms with van der Waals surface area (Å²) in [6.07, 6.45) is 0. The van der Waals surface area contributed by atoms with Gasteiger partial charge in [0.1, 0.15) is 5.75 Å². The minimum Gasteiger partial charge on any atom is -0.504 e. The Morgan fingerprint density at radius 3 is 2.36 bits per heavy atom. The molecule has 1 aliphatic heterocycles. The van der Waals surface area contributed by atoms with Crippen LogP contribution in [0.3, 0.4) is 0 Å². The van der Waals surface area contributed by atoms with Gasteiger partial charge in [-0.3, -0.25) is 4.79 Å². The second-order valence-electron chi connectivity index (χ2n) is 5.82. The molecule has 0 atom stereocenters. The van der Waals surface area contributed by atoms with Crippen LogP contribution in [0.15, 0.2) is 48.5 Å². The summed E-state index contributed by atoms with van der Waals surface area (Å²) in [7, 11) is 1.65. The van der Waals surface area contributed by atoms with Crippen molar-refractivity contribution >= 4 is 11.6 Å². The van der Waals surface area contributed by atoms with Gasteiger partial charge in [-0.1, -0.05) is 12.1 Å². The fourth-order valence-electron chi connectivity index (χ4n) is 2.82. The molecule has 1 fully saturated rings. The number of rotatable bonds is 5. The van der Waals surface area contributed by atoms with Gasteiger partial charge in [-0.25, -0.2) is 0 Å². The van der Waals surface area contributed by atoms with Gasteiger partial charge in [-0.2, -0.15) is 0 Å². The molecule has 0 saturated carbocycles. The second-order valence-corrected chi connectivity index (χ2v) is 5.82. The molecule has 6 heteroatoms. The number of benzene rings is 2. The number of phenols is 1. The monoisotopic (exact) mass is 342 g/mol. The van der Waals surface area contributed by atoms with Crippen LogP contribution in [0, 0.1) is 0 Å². The SMILES string of the molecule is COc1ccc(N2CCN(C(=O)COc3ccccc3O)CC2)cc1. The van der Waals surface area contributed by atoms with E-state index < -0.39 is 0 Å². The molecule has 2 aromatic carbocycles. The maximum atomic E-state index is 12.3. The van der Waals surface area contributed by atoms with Crippen LogP contribution in [-0.2, 0) is 4.79 Å². The number of hydrogen-bond donors (Lipinski definition) is 1. The first-order chi connectivity index (χ1) is 12.2. The highest BCUT2D eigenvalue weighted by Gasteiger charge is 2.21. The van der Waals surface area contributed by atoms with Crippen molar-refractivity contribution < 1.29 is 19.4 Å². The van der Waals surface area contributed by atoms with Crippen molar-refractivity contribution in [2.75, 3.05) is 44.8 Å². The Kier molecular flexibility index (Phi) is 5.28. The zero-order valence-electron chi connectivity index (χ0n) is 14.2. The number of carbonyl (C=O) groups excluding carboxylic acids is 1. The Morgan fingerprint density at radius 1 is 1.04 bits per heavy atom. The number of piperazine rings is 1. The van der Waals surface area contributed by atoms with Crippen LogP contribution < -0.4 is 14.4 Å². The summed E-state index contributed by atoms with van der Waals surface area (Å²) in [6.45, 7) is 2.77. The first kappa shape index (κ1) is 17.0. The summed E-state index contributed by atoms with van der Waals surface area (Å²) in [5, 5.41) is 9.67. The summed E-state index contributed by atoms with van der Waals surface area (Å²) in [5.41, 5.74) is 1.12. The highest BCUT2D eigenvalue weighted by Crippen LogP contribution is 2.24. The molecule has 1 aliphatic rings. The van der Waals surface area contributed by atoms with Gasteiger partial charge >= 0.3 is 0 Å². The van der Waals surface area contributed by atoms with E-state index in [-0.39, 0.29) is 18.3 Å². The lowest BCUT2D eigenvalue weighted by molar-refractivity contribution is -0.133. The predicted octanol–water partition coefficient (Wildman–Crippen LogP) is 2.13. The molecule has 0 spiro atoms. The largest absolute Gasteiger partial charge is 0.504 e. The van der Waals surface area contributed by atoms with E-state index in [9.17, 15) is 9.90 Å². The van der Waals surface area contributed by atoms with Crippen LogP contribution in [0.1, 0.15) is 0 Å². The molecule has 0 bridgehead atoms. The molecule has 0 aromatic heterocycles. The van der Waals surface area contributed by atoms with Gasteiger partial charge in [0.05, 0.1) is 7.11 Å². The Balaban J connectivity index is 1.49. The number of nitrogens with zero attached hydrogens (tertiary/aromatic N) is 2. The van der Waals surface area contributed by atoms with Crippen molar-refractivity contribution in [3.63, 3.8) is 0 Å². The van der Waals surface area contributed by atoms with E-state index in [4.69, 9.17) is 9.47 Å². The van der Waals surface area contributed by atoms with Crippen LogP contribution in [0.25, 0.3) is 0 Å². The highest BCUT2D eigenvalue weighted by molar-refractivity contribution is 5.78. The van der Waals surface area contributed by atoms with E-state index in [1.807, 2.05) is 24.3 Å². The zero-order chi connectivity index (χ0) is 17.6. The molecule has 0 unspecified atom stereocenters. The van der Waals surface area contributed by atoms with E-state index >= 15 is 0 Å². The number of ether oxygens (including phenoxy) is 2. The first-order valence-corrected chi connectivity index (χ1v) is 8.25. The Bertz CT molecular complexity index is 710. The lowest BCUT2D eigenvalue weighted by Crippen LogP contribution is -2.50. The number of methoxy groups -OCH3 is 1. The zero-order valence-corrected chi connectivity index (χ0v) is 14.2. The van der Waals surface area contributed by atoms with Crippen molar-refractivity contribution in [2.45, 2.75) is 0 Å². The third-order valence-electron chi connectivity index (χ3n) is 4.29. The van der Waals surface area contributed by atoms with Gasteiger partial charge in [0.15, 0.2) is 18.1 Å². The van der Waals surface area contributed by atoms with Crippen molar-refractivity contribution in [1.82, 2.24) is 4.90 Å². The molecule has 132 valence electrons. The molecule has 3 rings (SSSR count). The number of carbonyl (C=O) groups is 1. The number of anilines is 1. The summed E-state index contributed by atoms with van der Waals surface area (Å²) in [4.78, 5) is 16.3. The number of hydrogen-bond acceptors (Lipinski definition) is 5. The Morgan fingerprint density at radius 2 is 1.72 bits per heavy atom. The van der Waals surface area contributed by atoms with Gasteiger partial charge in [0, 0.05) is 31.9 Å². The van der Waals surface area contributed by atoms with E-state index in [0.717, 1.165) is 24.5 Å². The quantitative estimate of drug-likeness (QED) is 0.902. The van der Waals surface area contributed by atoms with Gasteiger partial charge in [-0.05, 0) is 36.4 Å². The fraction of sp³-hybridized carbons (Fsp3) is 0.316. The molecule has 1 saturated heterocycles. The highest BCUT2D eigenvalue weighted by atomic mass is 16.5. The maximum absolute atomic E-state index is 12.3. The minimum absolute atomic E-state index is 0.0413. The molecule has 6 nitrogen and oxygen atoms in total. The lowest BCUT2D eigenvalue weighted by atomic mass is 10.2. The lowest BCUT2D eigenvalue weighted by Gasteiger charge is -2.36. The minimum atomic E-state index is -0.0716. The van der Waals surface area contributed by atoms with Crippen LogP contribution in [0.4, 0.5) is 5.69 Å². The van der Waals surface area contributed by atoms with Crippen LogP contribution in [0.5, 0.6) is 17.2 Å². The Hall–Kier alpha value is -2.89. The van der Waals surface area contributed by atoms with Gasteiger partial charge in [0.25, 0.3) is 5.91 Å². The molecule has 1 N–H and O–H groups in total. The fourth-order valence-corrected chi connectivity index (χ4v) is 2.82. The van der Waals surface area contributed by atoms with Gasteiger partial charge in [0.2, 0.25) is 0 Å². The average Bonchev–Trinajstić information content (AvgIpc) is 2.67. The Labute approximate surface area is 147 Å². The van der Waals surface area contributed by atoms with Crippen LogP contribution in [-0.4, -0.2) is 55.8 Å². The topological polar surface area (TPSA) is 62.2 Å². The van der Waals surface area contributed by atoms with E-state index in [1.54, 1.807) is 30.2 Å². The van der Waals surface area contributed by atoms with Gasteiger partial charge in [-0.15, -0.1) is 0 Å². The van der Waals surface area contributed by atoms with E-state index in [0.29, 0.717) is 18.8 Å². The van der Waals surface area contributed by atoms with Crippen molar-refractivity contribution in [2.24, 2.45) is 0 Å². The smallest absolute Gasteiger partial charge is 0.260 e.